The number of benzene rings is 2. The number of hydrogen-bond donors (Lipinski definition) is 0. The molecule has 0 aromatic heterocycles. The number of aryl methyl sites for hydroxylation is 1. The van der Waals surface area contributed by atoms with Gasteiger partial charge in [0.15, 0.2) is 0 Å². The molecule has 3 unspecified atom stereocenters. The Labute approximate surface area is 120 Å². The van der Waals surface area contributed by atoms with E-state index in [2.05, 4.69) is 48.6 Å². The van der Waals surface area contributed by atoms with Gasteiger partial charge >= 0.3 is 0 Å². The topological polar surface area (TPSA) is 0 Å². The molecule has 1 spiro atoms. The Morgan fingerprint density at radius 1 is 1.00 bits per heavy atom. The Bertz CT molecular complexity index is 724. The molecule has 0 aliphatic heterocycles. The molecule has 2 bridgehead atoms. The van der Waals surface area contributed by atoms with Crippen LogP contribution in [0.1, 0.15) is 36.8 Å². The van der Waals surface area contributed by atoms with Gasteiger partial charge in [0, 0.05) is 5.41 Å². The summed E-state index contributed by atoms with van der Waals surface area (Å²) in [6, 6.07) is 13.9. The number of fused-ring (bicyclic) bond motifs is 6. The van der Waals surface area contributed by atoms with E-state index in [1.54, 1.807) is 11.1 Å². The first kappa shape index (κ1) is 11.1. The van der Waals surface area contributed by atoms with Crippen LogP contribution in [0.15, 0.2) is 48.6 Å². The van der Waals surface area contributed by atoms with Gasteiger partial charge in [-0.05, 0) is 65.8 Å². The summed E-state index contributed by atoms with van der Waals surface area (Å²) in [5.41, 5.74) is 3.81. The average molecular weight is 260 g/mol. The first-order chi connectivity index (χ1) is 9.85. The van der Waals surface area contributed by atoms with Crippen molar-refractivity contribution in [1.29, 1.82) is 0 Å². The third-order valence-corrected chi connectivity index (χ3v) is 6.09. The molecule has 20 heavy (non-hydrogen) atoms. The van der Waals surface area contributed by atoms with Crippen LogP contribution in [0.2, 0.25) is 0 Å². The van der Waals surface area contributed by atoms with E-state index in [1.165, 1.54) is 42.9 Å². The second kappa shape index (κ2) is 3.75. The lowest BCUT2D eigenvalue weighted by molar-refractivity contribution is 0.304. The highest BCUT2D eigenvalue weighted by molar-refractivity contribution is 5.84. The average Bonchev–Trinajstić information content (AvgIpc) is 3.07. The quantitative estimate of drug-likeness (QED) is 0.584. The molecule has 2 aromatic rings. The minimum absolute atomic E-state index is 0.483. The van der Waals surface area contributed by atoms with Crippen LogP contribution in [0.4, 0.5) is 0 Å². The zero-order valence-corrected chi connectivity index (χ0v) is 11.8. The highest BCUT2D eigenvalue weighted by Gasteiger charge is 2.50. The number of allylic oxidation sites excluding steroid dienone is 2. The van der Waals surface area contributed by atoms with E-state index in [4.69, 9.17) is 0 Å². The second-order valence-electron chi connectivity index (χ2n) is 7.06. The molecule has 5 rings (SSSR count). The van der Waals surface area contributed by atoms with Gasteiger partial charge in [-0.25, -0.2) is 0 Å². The highest BCUT2D eigenvalue weighted by atomic mass is 14.5. The molecule has 0 heteroatoms. The van der Waals surface area contributed by atoms with Crippen molar-refractivity contribution in [1.82, 2.24) is 0 Å². The minimum Gasteiger partial charge on any atom is -0.0851 e. The number of hydrogen-bond acceptors (Lipinski definition) is 0. The maximum atomic E-state index is 2.53. The van der Waals surface area contributed by atoms with Crippen LogP contribution in [0.5, 0.6) is 0 Å². The van der Waals surface area contributed by atoms with E-state index in [1.807, 2.05) is 0 Å². The van der Waals surface area contributed by atoms with Crippen LogP contribution in [-0.2, 0) is 11.8 Å². The molecule has 1 fully saturated rings. The Kier molecular flexibility index (Phi) is 2.09. The maximum absolute atomic E-state index is 2.53. The molecule has 3 aliphatic rings. The summed E-state index contributed by atoms with van der Waals surface area (Å²) in [7, 11) is 0. The van der Waals surface area contributed by atoms with Crippen molar-refractivity contribution in [2.45, 2.75) is 37.5 Å². The van der Waals surface area contributed by atoms with Gasteiger partial charge in [0.25, 0.3) is 0 Å². The molecule has 100 valence electrons. The molecular weight excluding hydrogens is 240 g/mol. The summed E-state index contributed by atoms with van der Waals surface area (Å²) in [6.45, 7) is 0. The van der Waals surface area contributed by atoms with Gasteiger partial charge in [-0.3, -0.25) is 0 Å². The Morgan fingerprint density at radius 3 is 2.60 bits per heavy atom. The fourth-order valence-electron chi connectivity index (χ4n) is 5.24. The maximum Gasteiger partial charge on any atom is 0.00246 e. The van der Waals surface area contributed by atoms with Gasteiger partial charge in [0.05, 0.1) is 0 Å². The van der Waals surface area contributed by atoms with Gasteiger partial charge in [-0.1, -0.05) is 48.6 Å². The van der Waals surface area contributed by atoms with E-state index in [0.29, 0.717) is 5.41 Å². The predicted octanol–water partition coefficient (Wildman–Crippen LogP) is 5.01. The Hall–Kier alpha value is -1.56. The van der Waals surface area contributed by atoms with Crippen LogP contribution in [-0.4, -0.2) is 0 Å². The molecule has 0 amide bonds. The molecule has 2 aromatic carbocycles. The summed E-state index contributed by atoms with van der Waals surface area (Å²) in [4.78, 5) is 0. The summed E-state index contributed by atoms with van der Waals surface area (Å²) in [5.74, 6) is 1.67. The first-order valence-corrected chi connectivity index (χ1v) is 8.06. The number of rotatable bonds is 0. The summed E-state index contributed by atoms with van der Waals surface area (Å²) < 4.78 is 0. The van der Waals surface area contributed by atoms with Gasteiger partial charge in [0.2, 0.25) is 0 Å². The molecule has 0 radical (unpaired) electrons. The van der Waals surface area contributed by atoms with Crippen molar-refractivity contribution in [3.05, 3.63) is 59.7 Å². The molecule has 3 aliphatic carbocycles. The fourth-order valence-corrected chi connectivity index (χ4v) is 5.24. The summed E-state index contributed by atoms with van der Waals surface area (Å²) in [6.07, 6.45) is 11.9. The highest BCUT2D eigenvalue weighted by Crippen LogP contribution is 2.58. The van der Waals surface area contributed by atoms with E-state index in [9.17, 15) is 0 Å². The first-order valence-electron chi connectivity index (χ1n) is 8.06. The van der Waals surface area contributed by atoms with E-state index >= 15 is 0 Å². The molecule has 0 heterocycles. The minimum atomic E-state index is 0.483. The molecule has 0 nitrogen and oxygen atoms in total. The van der Waals surface area contributed by atoms with Crippen LogP contribution < -0.4 is 0 Å². The van der Waals surface area contributed by atoms with Crippen molar-refractivity contribution in [2.75, 3.05) is 0 Å². The monoisotopic (exact) mass is 260 g/mol. The van der Waals surface area contributed by atoms with E-state index in [-0.39, 0.29) is 0 Å². The van der Waals surface area contributed by atoms with Gasteiger partial charge in [0.1, 0.15) is 0 Å². The van der Waals surface area contributed by atoms with E-state index in [0.717, 1.165) is 11.8 Å². The van der Waals surface area contributed by atoms with Crippen molar-refractivity contribution < 1.29 is 0 Å². The Morgan fingerprint density at radius 2 is 1.85 bits per heavy atom. The third-order valence-electron chi connectivity index (χ3n) is 6.09. The van der Waals surface area contributed by atoms with Gasteiger partial charge in [-0.2, -0.15) is 0 Å². The van der Waals surface area contributed by atoms with Crippen molar-refractivity contribution >= 4 is 10.8 Å². The van der Waals surface area contributed by atoms with Crippen LogP contribution in [0.3, 0.4) is 0 Å². The lowest BCUT2D eigenvalue weighted by Gasteiger charge is -2.41. The normalized spacial score (nSPS) is 34.0. The molecule has 1 saturated carbocycles. The van der Waals surface area contributed by atoms with Crippen LogP contribution in [0.25, 0.3) is 10.8 Å². The summed E-state index contributed by atoms with van der Waals surface area (Å²) >= 11 is 0. The standard InChI is InChI=1S/C20H20/c1-2-5-16-12-19-17(11-15(16)4-1)6-3-9-20(19)13-14-7-8-18(20)10-14/h1-2,4-5,7-8,11-12,14,18H,3,6,9-10,13H2. The Balaban J connectivity index is 1.77. The van der Waals surface area contributed by atoms with Crippen LogP contribution in [0, 0.1) is 11.8 Å². The van der Waals surface area contributed by atoms with E-state index < -0.39 is 0 Å². The third kappa shape index (κ3) is 1.32. The second-order valence-corrected chi connectivity index (χ2v) is 7.06. The van der Waals surface area contributed by atoms with Crippen molar-refractivity contribution in [3.8, 4) is 0 Å². The molecule has 0 saturated heterocycles. The smallest absolute Gasteiger partial charge is 0.00246 e. The fraction of sp³-hybridized carbons (Fsp3) is 0.400. The largest absolute Gasteiger partial charge is 0.0851 e. The predicted molar refractivity (Wildman–Crippen MR) is 83.9 cm³/mol. The van der Waals surface area contributed by atoms with Crippen molar-refractivity contribution in [2.24, 2.45) is 11.8 Å². The SMILES string of the molecule is C1=CC2CC1CC21CCCc2cc3ccccc3cc21. The molecular formula is C20H20. The van der Waals surface area contributed by atoms with Crippen molar-refractivity contribution in [3.63, 3.8) is 0 Å². The molecule has 0 N–H and O–H groups in total. The zero-order chi connectivity index (χ0) is 13.2. The lowest BCUT2D eigenvalue weighted by atomic mass is 9.63. The van der Waals surface area contributed by atoms with Crippen LogP contribution >= 0.6 is 0 Å². The van der Waals surface area contributed by atoms with Gasteiger partial charge < -0.3 is 0 Å². The van der Waals surface area contributed by atoms with Gasteiger partial charge in [-0.15, -0.1) is 0 Å². The zero-order valence-electron chi connectivity index (χ0n) is 11.8. The molecule has 3 atom stereocenters. The lowest BCUT2D eigenvalue weighted by Crippen LogP contribution is -2.34. The summed E-state index contributed by atoms with van der Waals surface area (Å²) in [5, 5.41) is 2.85.